The predicted molar refractivity (Wildman–Crippen MR) is 58.2 cm³/mol. The van der Waals surface area contributed by atoms with Gasteiger partial charge in [-0.25, -0.2) is 4.79 Å². The molecular weight excluding hydrogens is 232 g/mol. The minimum atomic E-state index is -3.66. The van der Waals surface area contributed by atoms with Gasteiger partial charge in [-0.1, -0.05) is 6.58 Å². The molecule has 1 aliphatic rings. The van der Waals surface area contributed by atoms with E-state index in [4.69, 9.17) is 8.92 Å². The number of hydrogen-bond donors (Lipinski definition) is 0. The van der Waals surface area contributed by atoms with Gasteiger partial charge in [0.25, 0.3) is 10.1 Å². The highest BCUT2D eigenvalue weighted by atomic mass is 32.2. The van der Waals surface area contributed by atoms with E-state index in [0.717, 1.165) is 0 Å². The van der Waals surface area contributed by atoms with Crippen LogP contribution in [-0.4, -0.2) is 31.3 Å². The lowest BCUT2D eigenvalue weighted by atomic mass is 9.96. The molecule has 1 saturated heterocycles. The van der Waals surface area contributed by atoms with Crippen LogP contribution in [0.2, 0.25) is 0 Å². The minimum Gasteiger partial charge on any atom is -0.452 e. The Bertz CT molecular complexity index is 424. The number of rotatable bonds is 2. The fourth-order valence-corrected chi connectivity index (χ4v) is 3.02. The molecule has 0 aliphatic carbocycles. The Labute approximate surface area is 95.6 Å². The summed E-state index contributed by atoms with van der Waals surface area (Å²) >= 11 is 0. The highest BCUT2D eigenvalue weighted by Crippen LogP contribution is 2.37. The number of ether oxygens (including phenoxy) is 1. The van der Waals surface area contributed by atoms with Crippen molar-refractivity contribution in [1.29, 1.82) is 0 Å². The van der Waals surface area contributed by atoms with E-state index in [9.17, 15) is 13.2 Å². The molecule has 6 heteroatoms. The molecule has 0 amide bonds. The van der Waals surface area contributed by atoms with Crippen LogP contribution < -0.4 is 0 Å². The van der Waals surface area contributed by atoms with Crippen molar-refractivity contribution < 1.29 is 22.1 Å². The van der Waals surface area contributed by atoms with E-state index in [1.807, 2.05) is 0 Å². The minimum absolute atomic E-state index is 0.227. The summed E-state index contributed by atoms with van der Waals surface area (Å²) in [6, 6.07) is 0. The van der Waals surface area contributed by atoms with E-state index in [1.165, 1.54) is 13.8 Å². The molecule has 0 aromatic heterocycles. The van der Waals surface area contributed by atoms with Crippen molar-refractivity contribution in [3.8, 4) is 0 Å². The summed E-state index contributed by atoms with van der Waals surface area (Å²) < 4.78 is 33.0. The van der Waals surface area contributed by atoms with Gasteiger partial charge in [-0.05, 0) is 27.7 Å². The molecule has 0 aromatic rings. The van der Waals surface area contributed by atoms with Gasteiger partial charge in [-0.3, -0.25) is 4.18 Å². The van der Waals surface area contributed by atoms with Crippen molar-refractivity contribution in [2.24, 2.45) is 0 Å². The molecular formula is C10H16O5S. The highest BCUT2D eigenvalue weighted by Gasteiger charge is 2.56. The molecule has 0 saturated carbocycles. The standard InChI is InChI=1S/C10H16O5S/c1-6(2)9(11)14-10(5)7(3)15-16(12,13)8(10)4/h7-8H,1H2,2-5H3. The third-order valence-electron chi connectivity index (χ3n) is 2.99. The first kappa shape index (κ1) is 13.2. The van der Waals surface area contributed by atoms with E-state index in [2.05, 4.69) is 6.58 Å². The summed E-state index contributed by atoms with van der Waals surface area (Å²) in [6.07, 6.45) is -0.698. The van der Waals surface area contributed by atoms with Gasteiger partial charge in [-0.15, -0.1) is 0 Å². The molecule has 1 rings (SSSR count). The molecule has 3 atom stereocenters. The summed E-state index contributed by atoms with van der Waals surface area (Å²) in [5.74, 6) is -0.609. The van der Waals surface area contributed by atoms with Crippen LogP contribution in [-0.2, 0) is 23.8 Å². The lowest BCUT2D eigenvalue weighted by Gasteiger charge is -2.29. The third kappa shape index (κ3) is 1.99. The quantitative estimate of drug-likeness (QED) is 0.414. The average molecular weight is 248 g/mol. The fourth-order valence-electron chi connectivity index (χ4n) is 1.45. The summed E-state index contributed by atoms with van der Waals surface area (Å²) in [5, 5.41) is -0.890. The molecule has 5 nitrogen and oxygen atoms in total. The Hall–Kier alpha value is -0.880. The largest absolute Gasteiger partial charge is 0.452 e. The average Bonchev–Trinajstić information content (AvgIpc) is 2.27. The normalized spacial score (nSPS) is 37.0. The lowest BCUT2D eigenvalue weighted by Crippen LogP contribution is -2.46. The van der Waals surface area contributed by atoms with E-state index >= 15 is 0 Å². The summed E-state index contributed by atoms with van der Waals surface area (Å²) in [7, 11) is -3.66. The zero-order valence-corrected chi connectivity index (χ0v) is 10.6. The molecule has 0 N–H and O–H groups in total. The highest BCUT2D eigenvalue weighted by molar-refractivity contribution is 7.87. The molecule has 0 bridgehead atoms. The third-order valence-corrected chi connectivity index (χ3v) is 4.88. The summed E-state index contributed by atoms with van der Waals surface area (Å²) in [4.78, 5) is 11.4. The number of carbonyl (C=O) groups excluding carboxylic acids is 1. The van der Waals surface area contributed by atoms with Gasteiger partial charge in [0, 0.05) is 5.57 Å². The van der Waals surface area contributed by atoms with Crippen molar-refractivity contribution in [2.75, 3.05) is 0 Å². The molecule has 0 radical (unpaired) electrons. The molecule has 1 aliphatic heterocycles. The fraction of sp³-hybridized carbons (Fsp3) is 0.700. The van der Waals surface area contributed by atoms with E-state index in [1.54, 1.807) is 13.8 Å². The van der Waals surface area contributed by atoms with Gasteiger partial charge < -0.3 is 4.74 Å². The Kier molecular flexibility index (Phi) is 3.17. The summed E-state index contributed by atoms with van der Waals surface area (Å²) in [6.45, 7) is 9.53. The van der Waals surface area contributed by atoms with Crippen LogP contribution in [0, 0.1) is 0 Å². The van der Waals surface area contributed by atoms with Gasteiger partial charge in [0.05, 0.1) is 0 Å². The molecule has 1 heterocycles. The van der Waals surface area contributed by atoms with Crippen LogP contribution in [0.1, 0.15) is 27.7 Å². The van der Waals surface area contributed by atoms with Crippen molar-refractivity contribution in [2.45, 2.75) is 44.6 Å². The number of hydrogen-bond acceptors (Lipinski definition) is 5. The Morgan fingerprint density at radius 3 is 2.25 bits per heavy atom. The summed E-state index contributed by atoms with van der Waals surface area (Å²) in [5.41, 5.74) is -0.945. The molecule has 0 aromatic carbocycles. The Morgan fingerprint density at radius 2 is 1.94 bits per heavy atom. The van der Waals surface area contributed by atoms with Crippen molar-refractivity contribution in [1.82, 2.24) is 0 Å². The molecule has 16 heavy (non-hydrogen) atoms. The zero-order chi connectivity index (χ0) is 12.7. The maximum Gasteiger partial charge on any atom is 0.333 e. The van der Waals surface area contributed by atoms with Crippen LogP contribution in [0.3, 0.4) is 0 Å². The van der Waals surface area contributed by atoms with Crippen LogP contribution in [0.5, 0.6) is 0 Å². The molecule has 1 fully saturated rings. The van der Waals surface area contributed by atoms with E-state index in [0.29, 0.717) is 0 Å². The maximum absolute atomic E-state index is 11.5. The first-order chi connectivity index (χ1) is 7.11. The van der Waals surface area contributed by atoms with Gasteiger partial charge in [0.15, 0.2) is 5.60 Å². The topological polar surface area (TPSA) is 69.7 Å². The Balaban J connectivity index is 3.02. The van der Waals surface area contributed by atoms with Crippen molar-refractivity contribution in [3.63, 3.8) is 0 Å². The number of carbonyl (C=O) groups is 1. The second-order valence-electron chi connectivity index (χ2n) is 4.23. The van der Waals surface area contributed by atoms with Crippen LogP contribution in [0.25, 0.3) is 0 Å². The van der Waals surface area contributed by atoms with Crippen molar-refractivity contribution in [3.05, 3.63) is 12.2 Å². The van der Waals surface area contributed by atoms with Crippen LogP contribution in [0.4, 0.5) is 0 Å². The van der Waals surface area contributed by atoms with Crippen LogP contribution in [0.15, 0.2) is 12.2 Å². The SMILES string of the molecule is C=C(C)C(=O)OC1(C)C(C)OS(=O)(=O)C1C. The first-order valence-corrected chi connectivity index (χ1v) is 6.39. The van der Waals surface area contributed by atoms with Gasteiger partial charge in [-0.2, -0.15) is 8.42 Å². The van der Waals surface area contributed by atoms with Gasteiger partial charge in [0.1, 0.15) is 11.4 Å². The molecule has 92 valence electrons. The van der Waals surface area contributed by atoms with Crippen molar-refractivity contribution >= 4 is 16.1 Å². The predicted octanol–water partition coefficient (Wildman–Crippen LogP) is 1.00. The molecule has 3 unspecified atom stereocenters. The maximum atomic E-state index is 11.5. The van der Waals surface area contributed by atoms with Gasteiger partial charge >= 0.3 is 5.97 Å². The second kappa shape index (κ2) is 3.85. The second-order valence-corrected chi connectivity index (χ2v) is 6.11. The van der Waals surface area contributed by atoms with E-state index < -0.39 is 33.0 Å². The van der Waals surface area contributed by atoms with E-state index in [-0.39, 0.29) is 5.57 Å². The van der Waals surface area contributed by atoms with Gasteiger partial charge in [0.2, 0.25) is 0 Å². The first-order valence-electron chi connectivity index (χ1n) is 4.92. The smallest absolute Gasteiger partial charge is 0.333 e. The zero-order valence-electron chi connectivity index (χ0n) is 9.81. The van der Waals surface area contributed by atoms with Crippen LogP contribution >= 0.6 is 0 Å². The number of esters is 1. The lowest BCUT2D eigenvalue weighted by molar-refractivity contribution is -0.158. The molecule has 0 spiro atoms. The Morgan fingerprint density at radius 1 is 1.44 bits per heavy atom. The monoisotopic (exact) mass is 248 g/mol.